The molecule has 0 bridgehead atoms. The first kappa shape index (κ1) is 146. The maximum atomic E-state index is 9.08. The zero-order valence-corrected chi connectivity index (χ0v) is 81.8. The largest absolute Gasteiger partial charge is 0.508 e. The number of benzene rings is 6. The number of phenols is 2. The Bertz CT molecular complexity index is 3800. The van der Waals surface area contributed by atoms with Crippen LogP contribution in [0.4, 0.5) is 22.9 Å². The lowest BCUT2D eigenvalue weighted by Gasteiger charge is -2.30. The van der Waals surface area contributed by atoms with Crippen molar-refractivity contribution in [1.29, 1.82) is 0 Å². The van der Waals surface area contributed by atoms with Crippen LogP contribution in [0.3, 0.4) is 0 Å². The highest BCUT2D eigenvalue weighted by atomic mass is 16.3. The molecule has 0 spiro atoms. The Morgan fingerprint density at radius 1 is 0.298 bits per heavy atom. The van der Waals surface area contributed by atoms with Gasteiger partial charge in [-0.15, -0.1) is 0 Å². The number of anilines is 4. The predicted molar refractivity (Wildman–Crippen MR) is 601 cm³/mol. The number of phenolic OH excluding ortho intramolecular Hbond substituents is 2. The fourth-order valence-corrected chi connectivity index (χ4v) is 12.1. The van der Waals surface area contributed by atoms with Crippen molar-refractivity contribution >= 4 is 22.9 Å². The summed E-state index contributed by atoms with van der Waals surface area (Å²) in [6.45, 7) is 75.6. The molecule has 1 fully saturated rings. The van der Waals surface area contributed by atoms with Crippen molar-refractivity contribution in [2.75, 3.05) is 55.7 Å². The van der Waals surface area contributed by atoms with Gasteiger partial charge in [0.15, 0.2) is 0 Å². The molecular formula is C119H218N10O2. The maximum Gasteiger partial charge on any atom is 0.123 e. The number of nitrogens with two attached hydrogens (primary N) is 4. The molecule has 3 aromatic heterocycles. The highest BCUT2D eigenvalue weighted by molar-refractivity contribution is 5.42. The van der Waals surface area contributed by atoms with Crippen LogP contribution in [-0.2, 0) is 57.8 Å². The molecule has 9 aromatic rings. The highest BCUT2D eigenvalue weighted by Crippen LogP contribution is 2.29. The Hall–Kier alpha value is -8.45. The van der Waals surface area contributed by atoms with Crippen molar-refractivity contribution in [3.63, 3.8) is 0 Å². The number of pyridine rings is 2. The molecule has 0 aliphatic carbocycles. The van der Waals surface area contributed by atoms with Gasteiger partial charge in [0.05, 0.1) is 0 Å². The van der Waals surface area contributed by atoms with E-state index in [9.17, 15) is 0 Å². The Morgan fingerprint density at radius 2 is 0.595 bits per heavy atom. The molecule has 0 amide bonds. The second-order valence-electron chi connectivity index (χ2n) is 45.0. The van der Waals surface area contributed by atoms with Crippen molar-refractivity contribution in [1.82, 2.24) is 30.2 Å². The number of nitrogen functional groups attached to an aromatic ring is 4. The third-order valence-corrected chi connectivity index (χ3v) is 18.3. The standard InChI is InChI=1S/C13H20.C12H19N.C12H18O.2C11H17N.C11H16O.C10H22N2.C10H16N2.C10H15N.C8H14N2.11CH4/c1-11-5-7-12(8-6-11)9-10-13(2,3)4;2*1-12(2,3)9-8-10-4-6-11(13)7-5-10;1-11(2,3)8-9-4-6-10(12)7-5-9;1-11(2,3)8-9-5-4-6-10(12)7-9;1-11(2,3)8-9-4-6-10(12)7-5-9;1-10(2,3)4-7-12-8-5-11-6-9-12;1-10(2,3)7-8-4-5-12-9(11)6-8;1-10(2,3)8-9-4-6-11-7-5-9;1-8(2,3)6-7-9-4-5-10-7;;;;;;;;;;;/h5-8H,9-10H2,1-4H3;4-7H,8-9,13H2,1-3H3;4-7,13H,8-9H2,1-3H3;2*4-7H,8,12H2,1-3H3;4-7,12H,8H2,1-3H3;11H,4-9H2,1-3H3;4-6H,7H2,1-3H3,(H2,11,12);4-7H,8H2,1-3H3;4-5H,6H2,1-3H3,(H,9,10);11*1H4. The van der Waals surface area contributed by atoms with Crippen molar-refractivity contribution in [3.05, 3.63) is 257 Å². The molecule has 1 saturated heterocycles. The van der Waals surface area contributed by atoms with Crippen LogP contribution in [0.2, 0.25) is 0 Å². The van der Waals surface area contributed by atoms with Crippen LogP contribution in [-0.4, -0.2) is 67.8 Å². The zero-order valence-electron chi connectivity index (χ0n) is 81.8. The van der Waals surface area contributed by atoms with Crippen LogP contribution in [0.1, 0.15) is 371 Å². The summed E-state index contributed by atoms with van der Waals surface area (Å²) in [5.74, 6) is 2.37. The molecule has 0 unspecified atom stereocenters. The molecule has 12 nitrogen and oxygen atoms in total. The van der Waals surface area contributed by atoms with Gasteiger partial charge in [-0.05, 0) is 274 Å². The van der Waals surface area contributed by atoms with E-state index in [0.29, 0.717) is 71.5 Å². The molecule has 0 radical (unpaired) electrons. The third-order valence-electron chi connectivity index (χ3n) is 18.3. The fourth-order valence-electron chi connectivity index (χ4n) is 12.1. The normalized spacial score (nSPS) is 11.5. The SMILES string of the molecule is C.C.C.C.C.C.C.C.C.C.C.CC(C)(C)CCN1CCNCC1.CC(C)(C)CCc1ccc(N)cc1.CC(C)(C)CCc1ccc(O)cc1.CC(C)(C)Cc1ccc(N)cc1.CC(C)(C)Cc1ccc(O)cc1.CC(C)(C)Cc1cccc(N)c1.CC(C)(C)Cc1ccnc(N)c1.CC(C)(C)Cc1ccncc1.CC(C)(C)Cc1ncc[nH]1.Cc1ccc(CCC(C)(C)C)cc1. The van der Waals surface area contributed by atoms with Crippen LogP contribution in [0.25, 0.3) is 0 Å². The topological polar surface area (TPSA) is 214 Å². The number of nitrogens with zero attached hydrogens (tertiary/aromatic N) is 4. The molecular weight excluding hydrogens is 1600 g/mol. The van der Waals surface area contributed by atoms with Gasteiger partial charge in [0.2, 0.25) is 0 Å². The summed E-state index contributed by atoms with van der Waals surface area (Å²) in [5, 5.41) is 21.5. The summed E-state index contributed by atoms with van der Waals surface area (Å²) >= 11 is 0. The molecule has 0 saturated carbocycles. The van der Waals surface area contributed by atoms with Gasteiger partial charge in [-0.1, -0.05) is 380 Å². The lowest BCUT2D eigenvalue weighted by molar-refractivity contribution is 0.206. The Balaban J connectivity index is -0.000000135. The van der Waals surface area contributed by atoms with Gasteiger partial charge in [0.1, 0.15) is 23.1 Å². The monoisotopic (exact) mass is 1820 g/mol. The first-order valence-corrected chi connectivity index (χ1v) is 44.2. The van der Waals surface area contributed by atoms with Crippen LogP contribution in [0.5, 0.6) is 11.5 Å². The number of hydrogen-bond acceptors (Lipinski definition) is 11. The second-order valence-corrected chi connectivity index (χ2v) is 45.0. The molecule has 4 heterocycles. The quantitative estimate of drug-likeness (QED) is 0.0480. The van der Waals surface area contributed by atoms with Gasteiger partial charge in [0, 0.05) is 80.6 Å². The van der Waals surface area contributed by atoms with Gasteiger partial charge in [-0.3, -0.25) is 4.98 Å². The minimum atomic E-state index is 0. The van der Waals surface area contributed by atoms with E-state index >= 15 is 0 Å². The number of aromatic nitrogens is 4. The van der Waals surface area contributed by atoms with E-state index in [0.717, 1.165) is 74.3 Å². The number of nitrogens with one attached hydrogen (secondary N) is 2. The summed E-state index contributed by atoms with van der Waals surface area (Å²) in [6.07, 6.45) is 23.9. The summed E-state index contributed by atoms with van der Waals surface area (Å²) in [5.41, 5.74) is 40.8. The minimum absolute atomic E-state index is 0. The molecule has 12 heteroatoms. The van der Waals surface area contributed by atoms with Gasteiger partial charge in [-0.25, -0.2) is 9.97 Å². The number of rotatable bonds is 14. The third kappa shape index (κ3) is 90.5. The fraction of sp³-hybridized carbons (Fsp3) is 0.588. The first-order valence-electron chi connectivity index (χ1n) is 44.2. The van der Waals surface area contributed by atoms with E-state index in [4.69, 9.17) is 33.1 Å². The van der Waals surface area contributed by atoms with E-state index in [2.05, 4.69) is 312 Å². The van der Waals surface area contributed by atoms with E-state index in [-0.39, 0.29) is 81.7 Å². The van der Waals surface area contributed by atoms with Gasteiger partial charge in [0.25, 0.3) is 0 Å². The van der Waals surface area contributed by atoms with Crippen molar-refractivity contribution in [2.45, 2.75) is 380 Å². The van der Waals surface area contributed by atoms with Crippen molar-refractivity contribution in [3.8, 4) is 11.5 Å². The number of aryl methyl sites for hydroxylation is 4. The molecule has 756 valence electrons. The number of hydrogen-bond donors (Lipinski definition) is 8. The Morgan fingerprint density at radius 3 is 0.908 bits per heavy atom. The Kier molecular flexibility index (Phi) is 78.0. The lowest BCUT2D eigenvalue weighted by atomic mass is 9.88. The molecule has 6 aromatic carbocycles. The average molecular weight is 1820 g/mol. The summed E-state index contributed by atoms with van der Waals surface area (Å²) in [7, 11) is 0. The van der Waals surface area contributed by atoms with Crippen LogP contribution < -0.4 is 28.3 Å². The van der Waals surface area contributed by atoms with E-state index in [1.165, 1.54) is 115 Å². The highest BCUT2D eigenvalue weighted by Gasteiger charge is 2.19. The zero-order chi connectivity index (χ0) is 91.4. The van der Waals surface area contributed by atoms with Crippen molar-refractivity contribution in [2.24, 2.45) is 54.1 Å². The maximum absolute atomic E-state index is 9.08. The summed E-state index contributed by atoms with van der Waals surface area (Å²) < 4.78 is 0. The van der Waals surface area contributed by atoms with Crippen LogP contribution in [0.15, 0.2) is 201 Å². The summed E-state index contributed by atoms with van der Waals surface area (Å²) in [6, 6.07) is 56.2. The van der Waals surface area contributed by atoms with Crippen molar-refractivity contribution < 1.29 is 10.2 Å². The van der Waals surface area contributed by atoms with E-state index in [1.54, 1.807) is 36.7 Å². The van der Waals surface area contributed by atoms with Crippen LogP contribution in [0, 0.1) is 61.1 Å². The molecule has 12 N–H and O–H groups in total. The average Bonchev–Trinajstić information content (AvgIpc) is 1.67. The van der Waals surface area contributed by atoms with E-state index < -0.39 is 0 Å². The number of imidazole rings is 1. The number of H-pyrrole nitrogens is 1. The van der Waals surface area contributed by atoms with Gasteiger partial charge >= 0.3 is 0 Å². The summed E-state index contributed by atoms with van der Waals surface area (Å²) in [4.78, 5) is 17.7. The lowest BCUT2D eigenvalue weighted by Crippen LogP contribution is -2.44. The molecule has 10 rings (SSSR count). The number of aromatic hydroxyl groups is 2. The molecule has 131 heavy (non-hydrogen) atoms. The number of aromatic amines is 1. The number of piperazine rings is 1. The predicted octanol–water partition coefficient (Wildman–Crippen LogP) is 34.5. The smallest absolute Gasteiger partial charge is 0.123 e. The van der Waals surface area contributed by atoms with Gasteiger partial charge in [-0.2, -0.15) is 0 Å². The molecule has 1 aliphatic rings. The Labute approximate surface area is 816 Å². The van der Waals surface area contributed by atoms with E-state index in [1.807, 2.05) is 97.5 Å². The minimum Gasteiger partial charge on any atom is -0.508 e. The van der Waals surface area contributed by atoms with Gasteiger partial charge < -0.3 is 48.3 Å². The second kappa shape index (κ2) is 70.3. The first-order chi connectivity index (χ1) is 55.0. The molecule has 0 atom stereocenters. The van der Waals surface area contributed by atoms with Crippen LogP contribution >= 0.6 is 0 Å². The molecule has 1 aliphatic heterocycles.